The molecule has 1 atom stereocenters. The van der Waals surface area contributed by atoms with Crippen LogP contribution < -0.4 is 0 Å². The summed E-state index contributed by atoms with van der Waals surface area (Å²) >= 11 is 0. The van der Waals surface area contributed by atoms with E-state index in [0.717, 1.165) is 6.42 Å². The SMILES string of the molecule is CC1=[C-]C(C)C(C)=C1C.F.F.[C-]1=CC=CC1.[Zr+2]. The molecule has 94 valence electrons. The first-order chi connectivity index (χ1) is 6.63. The van der Waals surface area contributed by atoms with Gasteiger partial charge in [0.2, 0.25) is 0 Å². The first kappa shape index (κ1) is 21.9. The van der Waals surface area contributed by atoms with Gasteiger partial charge in [0, 0.05) is 0 Å². The second-order valence-electron chi connectivity index (χ2n) is 3.80. The van der Waals surface area contributed by atoms with Crippen molar-refractivity contribution in [3.63, 3.8) is 0 Å². The Morgan fingerprint density at radius 2 is 1.76 bits per heavy atom. The maximum Gasteiger partial charge on any atom is 2.00 e. The Labute approximate surface area is 122 Å². The molecule has 0 aromatic carbocycles. The Morgan fingerprint density at radius 3 is 1.88 bits per heavy atom. The van der Waals surface area contributed by atoms with E-state index >= 15 is 0 Å². The summed E-state index contributed by atoms with van der Waals surface area (Å²) in [5, 5.41) is 0. The Morgan fingerprint density at radius 1 is 1.18 bits per heavy atom. The van der Waals surface area contributed by atoms with Gasteiger partial charge in [0.25, 0.3) is 0 Å². The maximum absolute atomic E-state index is 3.36. The minimum atomic E-state index is 0. The van der Waals surface area contributed by atoms with Crippen molar-refractivity contribution in [2.75, 3.05) is 0 Å². The largest absolute Gasteiger partial charge is 2.00 e. The van der Waals surface area contributed by atoms with Gasteiger partial charge in [-0.05, 0) is 0 Å². The predicted octanol–water partition coefficient (Wildman–Crippen LogP) is 4.33. The summed E-state index contributed by atoms with van der Waals surface area (Å²) in [6, 6.07) is 0. The standard InChI is InChI=1S/C9H13.C5H5.2FH.Zr/c1-6-5-7(2)9(4)8(6)3;1-2-4-5-3-1;;;/h6H,1-4H3;1-3H,4H2;2*1H;/q2*-1;;;+2. The smallest absolute Gasteiger partial charge is 0.273 e. The van der Waals surface area contributed by atoms with Gasteiger partial charge < -0.3 is 0 Å². The predicted molar refractivity (Wildman–Crippen MR) is 66.5 cm³/mol. The first-order valence-electron chi connectivity index (χ1n) is 5.12. The van der Waals surface area contributed by atoms with E-state index in [2.05, 4.69) is 45.9 Å². The van der Waals surface area contributed by atoms with E-state index in [9.17, 15) is 0 Å². The van der Waals surface area contributed by atoms with Crippen molar-refractivity contribution >= 4 is 0 Å². The van der Waals surface area contributed by atoms with Crippen LogP contribution >= 0.6 is 0 Å². The maximum atomic E-state index is 3.36. The summed E-state index contributed by atoms with van der Waals surface area (Å²) in [4.78, 5) is 0. The normalized spacial score (nSPS) is 19.5. The van der Waals surface area contributed by atoms with Crippen molar-refractivity contribution in [2.45, 2.75) is 34.1 Å². The summed E-state index contributed by atoms with van der Waals surface area (Å²) in [7, 11) is 0. The fourth-order valence-electron chi connectivity index (χ4n) is 1.50. The van der Waals surface area contributed by atoms with Crippen LogP contribution in [0.2, 0.25) is 0 Å². The Kier molecular flexibility index (Phi) is 14.0. The monoisotopic (exact) mass is 316 g/mol. The zero-order valence-electron chi connectivity index (χ0n) is 10.8. The van der Waals surface area contributed by atoms with Gasteiger partial charge in [0.1, 0.15) is 0 Å². The van der Waals surface area contributed by atoms with Gasteiger partial charge in [0.15, 0.2) is 0 Å². The summed E-state index contributed by atoms with van der Waals surface area (Å²) in [6.45, 7) is 8.67. The molecule has 2 rings (SSSR count). The van der Waals surface area contributed by atoms with E-state index in [1.54, 1.807) is 0 Å². The van der Waals surface area contributed by atoms with Crippen LogP contribution in [0.15, 0.2) is 34.9 Å². The van der Waals surface area contributed by atoms with Gasteiger partial charge in [-0.1, -0.05) is 26.7 Å². The topological polar surface area (TPSA) is 0 Å². The average molecular weight is 318 g/mol. The molecule has 2 aliphatic carbocycles. The molecular weight excluding hydrogens is 297 g/mol. The molecule has 0 N–H and O–H groups in total. The zero-order valence-corrected chi connectivity index (χ0v) is 13.3. The number of hydrogen-bond acceptors (Lipinski definition) is 0. The van der Waals surface area contributed by atoms with Crippen LogP contribution in [0.4, 0.5) is 9.41 Å². The Balaban J connectivity index is -0.000000216. The molecule has 0 aliphatic heterocycles. The van der Waals surface area contributed by atoms with Crippen molar-refractivity contribution < 1.29 is 35.6 Å². The average Bonchev–Trinajstić information content (AvgIpc) is 2.78. The Bertz CT molecular complexity index is 315. The van der Waals surface area contributed by atoms with Crippen LogP contribution in [0.3, 0.4) is 0 Å². The van der Waals surface area contributed by atoms with Crippen molar-refractivity contribution in [3.8, 4) is 0 Å². The number of halogens is 2. The molecule has 17 heavy (non-hydrogen) atoms. The van der Waals surface area contributed by atoms with Crippen LogP contribution in [-0.2, 0) is 26.2 Å². The van der Waals surface area contributed by atoms with Gasteiger partial charge in [-0.25, -0.2) is 17.7 Å². The van der Waals surface area contributed by atoms with Gasteiger partial charge in [-0.3, -0.25) is 21.6 Å². The first-order valence-corrected chi connectivity index (χ1v) is 5.12. The summed E-state index contributed by atoms with van der Waals surface area (Å²) in [5.41, 5.74) is 4.25. The third-order valence-corrected chi connectivity index (χ3v) is 2.82. The third-order valence-electron chi connectivity index (χ3n) is 2.82. The van der Waals surface area contributed by atoms with E-state index < -0.39 is 0 Å². The minimum absolute atomic E-state index is 0. The number of rotatable bonds is 0. The molecule has 0 spiro atoms. The van der Waals surface area contributed by atoms with Gasteiger partial charge in [-0.15, -0.1) is 13.3 Å². The zero-order chi connectivity index (χ0) is 10.6. The minimum Gasteiger partial charge on any atom is -0.273 e. The molecule has 0 saturated carbocycles. The summed E-state index contributed by atoms with van der Waals surface area (Å²) in [5.74, 6) is 0.560. The van der Waals surface area contributed by atoms with Crippen LogP contribution in [0.25, 0.3) is 0 Å². The quantitative estimate of drug-likeness (QED) is 0.583. The second-order valence-corrected chi connectivity index (χ2v) is 3.80. The molecule has 3 heteroatoms. The van der Waals surface area contributed by atoms with Crippen LogP contribution in [0, 0.1) is 18.1 Å². The second kappa shape index (κ2) is 10.8. The summed E-state index contributed by atoms with van der Waals surface area (Å²) < 4.78 is 0. The van der Waals surface area contributed by atoms with Gasteiger partial charge in [-0.2, -0.15) is 17.2 Å². The van der Waals surface area contributed by atoms with Crippen molar-refractivity contribution in [1.29, 1.82) is 0 Å². The van der Waals surface area contributed by atoms with Crippen molar-refractivity contribution in [3.05, 3.63) is 47.1 Å². The molecule has 0 heterocycles. The molecule has 0 bridgehead atoms. The molecule has 0 radical (unpaired) electrons. The molecule has 0 aromatic heterocycles. The molecule has 0 saturated heterocycles. The molecule has 0 aromatic rings. The molecular formula is C14H20F2Zr. The molecule has 1 unspecified atom stereocenters. The van der Waals surface area contributed by atoms with E-state index in [0.29, 0.717) is 5.92 Å². The Hall–Kier alpha value is -0.297. The van der Waals surface area contributed by atoms with Crippen molar-refractivity contribution in [1.82, 2.24) is 0 Å². The molecule has 0 fully saturated rings. The van der Waals surface area contributed by atoms with E-state index in [1.165, 1.54) is 16.7 Å². The summed E-state index contributed by atoms with van der Waals surface area (Å²) in [6.07, 6.45) is 13.4. The number of hydrogen-bond donors (Lipinski definition) is 0. The fourth-order valence-corrected chi connectivity index (χ4v) is 1.50. The van der Waals surface area contributed by atoms with Gasteiger partial charge >= 0.3 is 26.2 Å². The fraction of sp³-hybridized carbons (Fsp3) is 0.429. The van der Waals surface area contributed by atoms with E-state index in [4.69, 9.17) is 0 Å². The molecule has 2 aliphatic rings. The molecule has 0 nitrogen and oxygen atoms in total. The van der Waals surface area contributed by atoms with Crippen LogP contribution in [0.5, 0.6) is 0 Å². The van der Waals surface area contributed by atoms with E-state index in [1.807, 2.05) is 12.2 Å². The number of allylic oxidation sites excluding steroid dienone is 8. The van der Waals surface area contributed by atoms with Crippen molar-refractivity contribution in [2.24, 2.45) is 5.92 Å². The van der Waals surface area contributed by atoms with Crippen LogP contribution in [-0.4, -0.2) is 0 Å². The van der Waals surface area contributed by atoms with Gasteiger partial charge in [0.05, 0.1) is 0 Å². The molecule has 0 amide bonds. The van der Waals surface area contributed by atoms with E-state index in [-0.39, 0.29) is 35.6 Å². The van der Waals surface area contributed by atoms with Crippen LogP contribution in [0.1, 0.15) is 34.1 Å². The third kappa shape index (κ3) is 6.88.